The molecule has 136 valence electrons. The molecule has 1 amide bonds. The monoisotopic (exact) mass is 429 g/mol. The van der Waals surface area contributed by atoms with Crippen LogP contribution in [-0.2, 0) is 14.9 Å². The lowest BCUT2D eigenvalue weighted by Gasteiger charge is -2.12. The summed E-state index contributed by atoms with van der Waals surface area (Å²) < 4.78 is 36.5. The van der Waals surface area contributed by atoms with Gasteiger partial charge in [0, 0.05) is 23.2 Å². The van der Waals surface area contributed by atoms with Crippen LogP contribution >= 0.6 is 35.6 Å². The van der Waals surface area contributed by atoms with E-state index in [9.17, 15) is 13.2 Å². The molecule has 2 aromatic rings. The first-order chi connectivity index (χ1) is 12.2. The molecule has 1 aromatic heterocycles. The highest BCUT2D eigenvalue weighted by Crippen LogP contribution is 2.33. The predicted molar refractivity (Wildman–Crippen MR) is 105 cm³/mol. The zero-order chi connectivity index (χ0) is 18.9. The first-order valence-corrected chi connectivity index (χ1v) is 10.5. The van der Waals surface area contributed by atoms with Crippen LogP contribution in [0.15, 0.2) is 45.7 Å². The van der Waals surface area contributed by atoms with Crippen LogP contribution in [0.2, 0.25) is 5.02 Å². The van der Waals surface area contributed by atoms with E-state index >= 15 is 0 Å². The Kier molecular flexibility index (Phi) is 5.54. The molecule has 26 heavy (non-hydrogen) atoms. The van der Waals surface area contributed by atoms with Crippen molar-refractivity contribution in [3.63, 3.8) is 0 Å². The van der Waals surface area contributed by atoms with E-state index in [0.29, 0.717) is 21.4 Å². The van der Waals surface area contributed by atoms with Crippen molar-refractivity contribution in [2.24, 2.45) is 0 Å². The van der Waals surface area contributed by atoms with Gasteiger partial charge in [0.1, 0.15) is 15.8 Å². The van der Waals surface area contributed by atoms with Crippen molar-refractivity contribution >= 4 is 62.0 Å². The molecule has 10 heteroatoms. The highest BCUT2D eigenvalue weighted by atomic mass is 35.5. The molecule has 0 atom stereocenters. The largest absolute Gasteiger partial charge is 0.457 e. The average Bonchev–Trinajstić information content (AvgIpc) is 3.11. The lowest BCUT2D eigenvalue weighted by molar-refractivity contribution is -0.121. The number of benzene rings is 1. The topological polar surface area (TPSA) is 87.8 Å². The molecular formula is C16H12ClNO5S3. The summed E-state index contributed by atoms with van der Waals surface area (Å²) in [6.45, 7) is -0.202. The van der Waals surface area contributed by atoms with Crippen molar-refractivity contribution in [3.8, 4) is 11.3 Å². The molecule has 0 spiro atoms. The van der Waals surface area contributed by atoms with E-state index in [1.54, 1.807) is 36.4 Å². The number of carbonyl (C=O) groups is 1. The van der Waals surface area contributed by atoms with Crippen molar-refractivity contribution < 1.29 is 22.2 Å². The van der Waals surface area contributed by atoms with Crippen molar-refractivity contribution in [2.75, 3.05) is 12.3 Å². The summed E-state index contributed by atoms with van der Waals surface area (Å²) in [5, 5.41) is 0.583. The molecule has 1 aliphatic heterocycles. The van der Waals surface area contributed by atoms with Crippen LogP contribution in [0.3, 0.4) is 0 Å². The summed E-state index contributed by atoms with van der Waals surface area (Å²) in [5.74, 6) is 0.0482. The second-order valence-electron chi connectivity index (χ2n) is 5.33. The summed E-state index contributed by atoms with van der Waals surface area (Å²) in [5.41, 5.74) is 0.804. The van der Waals surface area contributed by atoms with Gasteiger partial charge in [-0.2, -0.15) is 8.42 Å². The van der Waals surface area contributed by atoms with Crippen LogP contribution in [0.25, 0.3) is 17.4 Å². The summed E-state index contributed by atoms with van der Waals surface area (Å²) >= 11 is 12.1. The zero-order valence-corrected chi connectivity index (χ0v) is 16.3. The molecule has 0 radical (unpaired) electrons. The molecule has 0 unspecified atom stereocenters. The van der Waals surface area contributed by atoms with E-state index in [-0.39, 0.29) is 10.9 Å². The molecular weight excluding hydrogens is 418 g/mol. The number of hydrogen-bond donors (Lipinski definition) is 1. The number of hydrogen-bond acceptors (Lipinski definition) is 6. The SMILES string of the molecule is O=C1/C(=C/c2ccc(-c3cccc(Cl)c3)o2)SC(=S)N1CCS(=O)(=O)O. The first kappa shape index (κ1) is 19.1. The van der Waals surface area contributed by atoms with Crippen LogP contribution in [0, 0.1) is 0 Å². The molecule has 0 bridgehead atoms. The lowest BCUT2D eigenvalue weighted by Crippen LogP contribution is -2.32. The smallest absolute Gasteiger partial charge is 0.266 e. The Balaban J connectivity index is 1.78. The Bertz CT molecular complexity index is 1010. The van der Waals surface area contributed by atoms with E-state index in [0.717, 1.165) is 22.2 Å². The van der Waals surface area contributed by atoms with Gasteiger partial charge in [-0.1, -0.05) is 47.7 Å². The van der Waals surface area contributed by atoms with E-state index in [1.807, 2.05) is 6.07 Å². The van der Waals surface area contributed by atoms with Gasteiger partial charge in [-0.05, 0) is 24.3 Å². The molecule has 1 aromatic carbocycles. The summed E-state index contributed by atoms with van der Waals surface area (Å²) in [6.07, 6.45) is 1.54. The van der Waals surface area contributed by atoms with Gasteiger partial charge in [0.25, 0.3) is 16.0 Å². The number of thiocarbonyl (C=S) groups is 1. The maximum Gasteiger partial charge on any atom is 0.266 e. The highest BCUT2D eigenvalue weighted by molar-refractivity contribution is 8.26. The molecule has 3 rings (SSSR count). The Hall–Kier alpha value is -1.65. The molecule has 1 fully saturated rings. The Morgan fingerprint density at radius 3 is 2.77 bits per heavy atom. The standard InChI is InChI=1S/C16H12ClNO5S3/c17-11-3-1-2-10(8-11)13-5-4-12(23-13)9-14-15(19)18(16(24)25-14)6-7-26(20,21)22/h1-5,8-9H,6-7H2,(H,20,21,22)/b14-9-. The number of furan rings is 1. The van der Waals surface area contributed by atoms with Gasteiger partial charge in [-0.3, -0.25) is 14.2 Å². The van der Waals surface area contributed by atoms with Gasteiger partial charge in [0.15, 0.2) is 0 Å². The maximum absolute atomic E-state index is 12.4. The minimum atomic E-state index is -4.18. The van der Waals surface area contributed by atoms with Gasteiger partial charge in [-0.15, -0.1) is 0 Å². The molecule has 6 nitrogen and oxygen atoms in total. The number of carbonyl (C=O) groups excluding carboxylic acids is 1. The van der Waals surface area contributed by atoms with Crippen molar-refractivity contribution in [2.45, 2.75) is 0 Å². The zero-order valence-electron chi connectivity index (χ0n) is 13.1. The average molecular weight is 430 g/mol. The molecule has 0 aliphatic carbocycles. The van der Waals surface area contributed by atoms with Gasteiger partial charge < -0.3 is 4.42 Å². The van der Waals surface area contributed by atoms with Crippen LogP contribution in [0.4, 0.5) is 0 Å². The van der Waals surface area contributed by atoms with E-state index in [4.69, 9.17) is 32.8 Å². The lowest BCUT2D eigenvalue weighted by atomic mass is 10.2. The van der Waals surface area contributed by atoms with Crippen LogP contribution in [0.1, 0.15) is 5.76 Å². The Morgan fingerprint density at radius 1 is 1.31 bits per heavy atom. The maximum atomic E-state index is 12.4. The number of nitrogens with zero attached hydrogens (tertiary/aromatic N) is 1. The van der Waals surface area contributed by atoms with Gasteiger partial charge in [0.2, 0.25) is 0 Å². The third kappa shape index (κ3) is 4.54. The molecule has 0 saturated carbocycles. The van der Waals surface area contributed by atoms with Crippen molar-refractivity contribution in [1.82, 2.24) is 4.90 Å². The summed E-state index contributed by atoms with van der Waals surface area (Å²) in [4.78, 5) is 13.8. The van der Waals surface area contributed by atoms with E-state index in [1.165, 1.54) is 0 Å². The predicted octanol–water partition coefficient (Wildman–Crippen LogP) is 3.69. The third-order valence-electron chi connectivity index (χ3n) is 3.46. The van der Waals surface area contributed by atoms with Gasteiger partial charge in [0.05, 0.1) is 10.7 Å². The van der Waals surface area contributed by atoms with Gasteiger partial charge in [-0.25, -0.2) is 0 Å². The summed E-state index contributed by atoms with van der Waals surface area (Å²) in [6, 6.07) is 10.6. The van der Waals surface area contributed by atoms with E-state index in [2.05, 4.69) is 0 Å². The Morgan fingerprint density at radius 2 is 2.08 bits per heavy atom. The van der Waals surface area contributed by atoms with E-state index < -0.39 is 21.8 Å². The van der Waals surface area contributed by atoms with Crippen LogP contribution < -0.4 is 0 Å². The van der Waals surface area contributed by atoms with Crippen molar-refractivity contribution in [1.29, 1.82) is 0 Å². The quantitative estimate of drug-likeness (QED) is 0.440. The fourth-order valence-corrected chi connectivity index (χ4v) is 4.15. The minimum Gasteiger partial charge on any atom is -0.457 e. The number of amides is 1. The summed E-state index contributed by atoms with van der Waals surface area (Å²) in [7, 11) is -4.18. The fraction of sp³-hybridized carbons (Fsp3) is 0.125. The first-order valence-electron chi connectivity index (χ1n) is 7.29. The Labute approximate surface area is 164 Å². The van der Waals surface area contributed by atoms with Gasteiger partial charge >= 0.3 is 0 Å². The second-order valence-corrected chi connectivity index (χ2v) is 9.02. The van der Waals surface area contributed by atoms with Crippen LogP contribution in [-0.4, -0.2) is 40.4 Å². The molecule has 1 saturated heterocycles. The molecule has 2 heterocycles. The number of thioether (sulfide) groups is 1. The minimum absolute atomic E-state index is 0.202. The second kappa shape index (κ2) is 7.53. The van der Waals surface area contributed by atoms with Crippen molar-refractivity contribution in [3.05, 3.63) is 52.1 Å². The number of rotatable bonds is 5. The normalized spacial score (nSPS) is 16.7. The number of halogens is 1. The highest BCUT2D eigenvalue weighted by Gasteiger charge is 2.32. The fourth-order valence-electron chi connectivity index (χ4n) is 2.26. The molecule has 1 aliphatic rings. The molecule has 1 N–H and O–H groups in total. The van der Waals surface area contributed by atoms with Crippen LogP contribution in [0.5, 0.6) is 0 Å². The third-order valence-corrected chi connectivity index (χ3v) is 5.77.